The lowest BCUT2D eigenvalue weighted by atomic mass is 9.67. The van der Waals surface area contributed by atoms with Crippen molar-refractivity contribution in [2.75, 3.05) is 0 Å². The third kappa shape index (κ3) is 2.35. The van der Waals surface area contributed by atoms with Crippen LogP contribution in [0.3, 0.4) is 0 Å². The average Bonchev–Trinajstić information content (AvgIpc) is 2.19. The van der Waals surface area contributed by atoms with Crippen molar-refractivity contribution in [3.05, 3.63) is 0 Å². The van der Waals surface area contributed by atoms with E-state index in [4.69, 9.17) is 9.47 Å². The number of hydrogen-bond acceptors (Lipinski definition) is 3. The van der Waals surface area contributed by atoms with E-state index in [0.717, 1.165) is 19.3 Å². The minimum Gasteiger partial charge on any atom is -0.459 e. The molecular weight excluding hydrogens is 216 g/mol. The van der Waals surface area contributed by atoms with Gasteiger partial charge in [0.05, 0.1) is 5.60 Å². The van der Waals surface area contributed by atoms with Gasteiger partial charge in [0.2, 0.25) is 0 Å². The molecule has 3 atom stereocenters. The largest absolute Gasteiger partial charge is 0.459 e. The Labute approximate surface area is 104 Å². The third-order valence-corrected chi connectivity index (χ3v) is 4.38. The molecule has 0 aromatic rings. The molecule has 2 saturated heterocycles. The molecular formula is C14H24O3. The van der Waals surface area contributed by atoms with Crippen molar-refractivity contribution in [3.8, 4) is 0 Å². The predicted molar refractivity (Wildman–Crippen MR) is 65.7 cm³/mol. The molecule has 1 saturated carbocycles. The maximum atomic E-state index is 11.6. The molecule has 3 aliphatic rings. The van der Waals surface area contributed by atoms with Gasteiger partial charge in [-0.15, -0.1) is 0 Å². The molecule has 3 fully saturated rings. The summed E-state index contributed by atoms with van der Waals surface area (Å²) in [7, 11) is 0. The first kappa shape index (κ1) is 12.9. The number of carbonyl (C=O) groups is 1. The second-order valence-corrected chi connectivity index (χ2v) is 6.22. The van der Waals surface area contributed by atoms with Gasteiger partial charge < -0.3 is 9.47 Å². The van der Waals surface area contributed by atoms with Crippen molar-refractivity contribution in [2.24, 2.45) is 5.92 Å². The van der Waals surface area contributed by atoms with E-state index in [1.54, 1.807) is 0 Å². The Hall–Kier alpha value is -0.570. The van der Waals surface area contributed by atoms with Crippen LogP contribution in [-0.2, 0) is 14.3 Å². The molecule has 2 bridgehead atoms. The van der Waals surface area contributed by atoms with Crippen molar-refractivity contribution in [3.63, 3.8) is 0 Å². The van der Waals surface area contributed by atoms with E-state index >= 15 is 0 Å². The smallest absolute Gasteiger partial charge is 0.306 e. The molecule has 3 nitrogen and oxygen atoms in total. The van der Waals surface area contributed by atoms with E-state index in [1.807, 2.05) is 6.92 Å². The Balaban J connectivity index is 2.05. The highest BCUT2D eigenvalue weighted by molar-refractivity contribution is 5.69. The predicted octanol–water partition coefficient (Wildman–Crippen LogP) is 3.07. The zero-order chi connectivity index (χ0) is 12.7. The third-order valence-electron chi connectivity index (χ3n) is 4.38. The quantitative estimate of drug-likeness (QED) is 0.711. The SMILES string of the molecule is CCCC(=O)OC1CC2CCC1(C)OC2(C)C. The van der Waals surface area contributed by atoms with Crippen molar-refractivity contribution in [2.45, 2.75) is 77.1 Å². The Kier molecular flexibility index (Phi) is 3.23. The van der Waals surface area contributed by atoms with Gasteiger partial charge >= 0.3 is 5.97 Å². The lowest BCUT2D eigenvalue weighted by molar-refractivity contribution is -0.278. The number of ether oxygens (including phenoxy) is 2. The van der Waals surface area contributed by atoms with Crippen LogP contribution in [0.1, 0.15) is 59.8 Å². The number of fused-ring (bicyclic) bond motifs is 3. The van der Waals surface area contributed by atoms with Gasteiger partial charge in [-0.1, -0.05) is 6.92 Å². The summed E-state index contributed by atoms with van der Waals surface area (Å²) < 4.78 is 11.8. The van der Waals surface area contributed by atoms with Gasteiger partial charge in [-0.3, -0.25) is 4.79 Å². The second kappa shape index (κ2) is 4.27. The molecule has 17 heavy (non-hydrogen) atoms. The number of rotatable bonds is 3. The van der Waals surface area contributed by atoms with E-state index in [-0.39, 0.29) is 23.3 Å². The van der Waals surface area contributed by atoms with Crippen LogP contribution in [0.2, 0.25) is 0 Å². The van der Waals surface area contributed by atoms with Gasteiger partial charge in [0.1, 0.15) is 11.7 Å². The molecule has 0 aromatic carbocycles. The monoisotopic (exact) mass is 240 g/mol. The van der Waals surface area contributed by atoms with Crippen molar-refractivity contribution >= 4 is 5.97 Å². The molecule has 1 aliphatic carbocycles. The highest BCUT2D eigenvalue weighted by atomic mass is 16.6. The molecule has 0 aromatic heterocycles. The fourth-order valence-electron chi connectivity index (χ4n) is 3.27. The van der Waals surface area contributed by atoms with Gasteiger partial charge in [0, 0.05) is 6.42 Å². The molecule has 2 aliphatic heterocycles. The Morgan fingerprint density at radius 1 is 1.41 bits per heavy atom. The van der Waals surface area contributed by atoms with Gasteiger partial charge in [-0.05, 0) is 52.4 Å². The molecule has 0 amide bonds. The van der Waals surface area contributed by atoms with Crippen LogP contribution in [0, 0.1) is 5.92 Å². The minimum atomic E-state index is -0.276. The first-order valence-corrected chi connectivity index (χ1v) is 6.77. The van der Waals surface area contributed by atoms with E-state index < -0.39 is 0 Å². The summed E-state index contributed by atoms with van der Waals surface area (Å²) in [6.45, 7) is 8.39. The molecule has 3 unspecified atom stereocenters. The maximum absolute atomic E-state index is 11.6. The highest BCUT2D eigenvalue weighted by Crippen LogP contribution is 2.50. The number of esters is 1. The van der Waals surface area contributed by atoms with Crippen molar-refractivity contribution in [1.29, 1.82) is 0 Å². The first-order valence-electron chi connectivity index (χ1n) is 6.77. The second-order valence-electron chi connectivity index (χ2n) is 6.22. The van der Waals surface area contributed by atoms with Crippen molar-refractivity contribution < 1.29 is 14.3 Å². The molecule has 0 N–H and O–H groups in total. The van der Waals surface area contributed by atoms with E-state index in [1.165, 1.54) is 6.42 Å². The Morgan fingerprint density at radius 2 is 2.12 bits per heavy atom. The van der Waals surface area contributed by atoms with Crippen LogP contribution < -0.4 is 0 Å². The van der Waals surface area contributed by atoms with Crippen LogP contribution in [-0.4, -0.2) is 23.3 Å². The summed E-state index contributed by atoms with van der Waals surface area (Å²) >= 11 is 0. The zero-order valence-electron chi connectivity index (χ0n) is 11.4. The van der Waals surface area contributed by atoms with Crippen LogP contribution in [0.5, 0.6) is 0 Å². The summed E-state index contributed by atoms with van der Waals surface area (Å²) in [5.74, 6) is 0.441. The van der Waals surface area contributed by atoms with Crippen molar-refractivity contribution in [1.82, 2.24) is 0 Å². The molecule has 0 spiro atoms. The summed E-state index contributed by atoms with van der Waals surface area (Å²) in [6.07, 6.45) is 4.46. The summed E-state index contributed by atoms with van der Waals surface area (Å²) in [6, 6.07) is 0. The minimum absolute atomic E-state index is 0.0478. The summed E-state index contributed by atoms with van der Waals surface area (Å²) in [4.78, 5) is 11.6. The normalized spacial score (nSPS) is 39.1. The maximum Gasteiger partial charge on any atom is 0.306 e. The Morgan fingerprint density at radius 3 is 2.65 bits per heavy atom. The van der Waals surface area contributed by atoms with Crippen LogP contribution >= 0.6 is 0 Å². The van der Waals surface area contributed by atoms with Crippen LogP contribution in [0.15, 0.2) is 0 Å². The van der Waals surface area contributed by atoms with Crippen LogP contribution in [0.4, 0.5) is 0 Å². The topological polar surface area (TPSA) is 35.5 Å². The van der Waals surface area contributed by atoms with Gasteiger partial charge in [-0.25, -0.2) is 0 Å². The standard InChI is InChI=1S/C14H24O3/c1-5-6-12(15)16-11-9-10-7-8-14(11,4)17-13(10,2)3/h10-11H,5-9H2,1-4H3. The van der Waals surface area contributed by atoms with Gasteiger partial charge in [-0.2, -0.15) is 0 Å². The fraction of sp³-hybridized carbons (Fsp3) is 0.929. The first-order chi connectivity index (χ1) is 7.87. The Bertz CT molecular complexity index is 311. The fourth-order valence-corrected chi connectivity index (χ4v) is 3.27. The summed E-state index contributed by atoms with van der Waals surface area (Å²) in [5, 5.41) is 0. The molecule has 98 valence electrons. The molecule has 3 heteroatoms. The lowest BCUT2D eigenvalue weighted by Crippen LogP contribution is -2.62. The van der Waals surface area contributed by atoms with E-state index in [9.17, 15) is 4.79 Å². The highest BCUT2D eigenvalue weighted by Gasteiger charge is 2.55. The number of hydrogen-bond donors (Lipinski definition) is 0. The zero-order valence-corrected chi connectivity index (χ0v) is 11.4. The molecule has 0 radical (unpaired) electrons. The molecule has 3 rings (SSSR count). The van der Waals surface area contributed by atoms with Crippen LogP contribution in [0.25, 0.3) is 0 Å². The van der Waals surface area contributed by atoms with Gasteiger partial charge in [0.25, 0.3) is 0 Å². The summed E-state index contributed by atoms with van der Waals surface area (Å²) in [5.41, 5.74) is -0.345. The average molecular weight is 240 g/mol. The molecule has 2 heterocycles. The van der Waals surface area contributed by atoms with Gasteiger partial charge in [0.15, 0.2) is 0 Å². The van der Waals surface area contributed by atoms with E-state index in [2.05, 4.69) is 20.8 Å². The number of carbonyl (C=O) groups excluding carboxylic acids is 1. The van der Waals surface area contributed by atoms with E-state index in [0.29, 0.717) is 12.3 Å². The lowest BCUT2D eigenvalue weighted by Gasteiger charge is -2.57.